The Hall–Kier alpha value is -3.18. The quantitative estimate of drug-likeness (QED) is 0.532. The predicted octanol–water partition coefficient (Wildman–Crippen LogP) is 3.10. The van der Waals surface area contributed by atoms with E-state index < -0.39 is 10.0 Å². The summed E-state index contributed by atoms with van der Waals surface area (Å²) in [7, 11) is -3.54. The summed E-state index contributed by atoms with van der Waals surface area (Å²) in [5.41, 5.74) is 5.62. The number of nitrogens with one attached hydrogen (secondary N) is 1. The van der Waals surface area contributed by atoms with Crippen molar-refractivity contribution in [2.45, 2.75) is 51.5 Å². The molecule has 2 aliphatic heterocycles. The monoisotopic (exact) mass is 538 g/mol. The Labute approximate surface area is 223 Å². The van der Waals surface area contributed by atoms with Crippen molar-refractivity contribution in [2.24, 2.45) is 0 Å². The number of likely N-dealkylation sites (tertiary alicyclic amines) is 1. The van der Waals surface area contributed by atoms with Gasteiger partial charge >= 0.3 is 0 Å². The number of hydrogen-bond donors (Lipinski definition) is 1. The lowest BCUT2D eigenvalue weighted by molar-refractivity contribution is 0.0606. The largest absolute Gasteiger partial charge is 0.378 e. The number of carbonyl (C=O) groups is 1. The summed E-state index contributed by atoms with van der Waals surface area (Å²) in [4.78, 5) is 23.2. The van der Waals surface area contributed by atoms with E-state index in [2.05, 4.69) is 9.62 Å². The molecule has 0 saturated carbocycles. The average molecular weight is 539 g/mol. The molecule has 2 aromatic heterocycles. The molecule has 11 heteroatoms. The van der Waals surface area contributed by atoms with E-state index in [1.54, 1.807) is 18.2 Å². The highest BCUT2D eigenvalue weighted by Crippen LogP contribution is 2.36. The molecule has 0 radical (unpaired) electrons. The van der Waals surface area contributed by atoms with Crippen LogP contribution in [0, 0.1) is 6.92 Å². The van der Waals surface area contributed by atoms with E-state index in [0.29, 0.717) is 31.0 Å². The zero-order valence-corrected chi connectivity index (χ0v) is 22.8. The lowest BCUT2D eigenvalue weighted by Gasteiger charge is -2.35. The second kappa shape index (κ2) is 9.85. The van der Waals surface area contributed by atoms with Gasteiger partial charge in [-0.2, -0.15) is 9.61 Å². The van der Waals surface area contributed by atoms with Crippen LogP contribution in [0.25, 0.3) is 5.65 Å². The van der Waals surface area contributed by atoms with Crippen LogP contribution >= 0.6 is 0 Å². The number of rotatable bonds is 5. The number of ether oxygens (including phenoxy) is 1. The summed E-state index contributed by atoms with van der Waals surface area (Å²) in [6.45, 7) is 5.51. The molecule has 0 spiro atoms. The van der Waals surface area contributed by atoms with Gasteiger partial charge in [0.2, 0.25) is 10.0 Å². The number of amides is 1. The van der Waals surface area contributed by atoms with Gasteiger partial charge in [-0.05, 0) is 57.6 Å². The van der Waals surface area contributed by atoms with Crippen LogP contribution in [-0.2, 0) is 27.6 Å². The van der Waals surface area contributed by atoms with Crippen LogP contribution < -0.4 is 9.62 Å². The Morgan fingerprint density at radius 1 is 1.08 bits per heavy atom. The smallest absolute Gasteiger partial charge is 0.256 e. The maximum Gasteiger partial charge on any atom is 0.256 e. The molecule has 1 atom stereocenters. The molecule has 10 nitrogen and oxygen atoms in total. The van der Waals surface area contributed by atoms with Crippen LogP contribution in [0.4, 0.5) is 11.5 Å². The molecular formula is C27H34N6O4S. The summed E-state index contributed by atoms with van der Waals surface area (Å²) in [6, 6.07) is 7.04. The number of carbonyl (C=O) groups excluding carboxylic acids is 1. The van der Waals surface area contributed by atoms with Gasteiger partial charge in [0.05, 0.1) is 42.5 Å². The van der Waals surface area contributed by atoms with Crippen LogP contribution in [0.5, 0.6) is 0 Å². The van der Waals surface area contributed by atoms with Gasteiger partial charge in [0.25, 0.3) is 5.91 Å². The van der Waals surface area contributed by atoms with Crippen molar-refractivity contribution in [3.63, 3.8) is 0 Å². The molecule has 38 heavy (non-hydrogen) atoms. The van der Waals surface area contributed by atoms with Crippen LogP contribution in [0.1, 0.15) is 64.6 Å². The zero-order valence-electron chi connectivity index (χ0n) is 21.9. The Bertz CT molecular complexity index is 1490. The van der Waals surface area contributed by atoms with Crippen molar-refractivity contribution in [3.8, 4) is 0 Å². The maximum atomic E-state index is 14.0. The van der Waals surface area contributed by atoms with Crippen LogP contribution in [0.3, 0.4) is 0 Å². The Kier molecular flexibility index (Phi) is 6.51. The van der Waals surface area contributed by atoms with Crippen molar-refractivity contribution in [2.75, 3.05) is 48.7 Å². The lowest BCUT2D eigenvalue weighted by atomic mass is 9.97. The van der Waals surface area contributed by atoms with Crippen molar-refractivity contribution in [1.29, 1.82) is 0 Å². The highest BCUT2D eigenvalue weighted by atomic mass is 32.2. The molecule has 202 valence electrons. The highest BCUT2D eigenvalue weighted by Gasteiger charge is 2.33. The molecule has 4 heterocycles. The molecule has 3 aliphatic rings. The summed E-state index contributed by atoms with van der Waals surface area (Å²) in [6.07, 6.45) is 6.84. The fraction of sp³-hybridized carbons (Fsp3) is 0.519. The molecule has 1 amide bonds. The van der Waals surface area contributed by atoms with Gasteiger partial charge in [-0.3, -0.25) is 9.52 Å². The minimum Gasteiger partial charge on any atom is -0.378 e. The number of aromatic nitrogens is 3. The van der Waals surface area contributed by atoms with Crippen molar-refractivity contribution >= 4 is 33.1 Å². The molecule has 1 unspecified atom stereocenters. The average Bonchev–Trinajstić information content (AvgIpc) is 3.54. The molecule has 3 aromatic rings. The van der Waals surface area contributed by atoms with Crippen molar-refractivity contribution < 1.29 is 17.9 Å². The van der Waals surface area contributed by atoms with E-state index in [0.717, 1.165) is 86.3 Å². The topological polar surface area (TPSA) is 109 Å². The van der Waals surface area contributed by atoms with E-state index in [-0.39, 0.29) is 11.9 Å². The lowest BCUT2D eigenvalue weighted by Crippen LogP contribution is -2.39. The number of nitrogens with zero attached hydrogens (tertiary/aromatic N) is 5. The minimum atomic E-state index is -3.54. The number of piperidine rings is 1. The molecule has 1 N–H and O–H groups in total. The normalized spacial score (nSPS) is 20.1. The first-order valence-corrected chi connectivity index (χ1v) is 15.3. The van der Waals surface area contributed by atoms with Crippen LogP contribution in [0.2, 0.25) is 0 Å². The number of benzene rings is 1. The second-order valence-corrected chi connectivity index (χ2v) is 12.3. The molecule has 2 fully saturated rings. The van der Waals surface area contributed by atoms with Gasteiger partial charge < -0.3 is 14.5 Å². The zero-order chi connectivity index (χ0) is 26.4. The van der Waals surface area contributed by atoms with Crippen molar-refractivity contribution in [3.05, 3.63) is 52.3 Å². The number of hydrogen-bond acceptors (Lipinski definition) is 7. The third-order valence-corrected chi connectivity index (χ3v) is 8.33. The van der Waals surface area contributed by atoms with Gasteiger partial charge in [-0.25, -0.2) is 13.4 Å². The fourth-order valence-electron chi connectivity index (χ4n) is 6.01. The van der Waals surface area contributed by atoms with E-state index in [4.69, 9.17) is 14.8 Å². The maximum absolute atomic E-state index is 14.0. The number of anilines is 2. The molecular weight excluding hydrogens is 504 g/mol. The molecule has 6 rings (SSSR count). The van der Waals surface area contributed by atoms with Crippen molar-refractivity contribution in [1.82, 2.24) is 19.5 Å². The second-order valence-electron chi connectivity index (χ2n) is 10.6. The number of aryl methyl sites for hydroxylation is 2. The van der Waals surface area contributed by atoms with Crippen LogP contribution in [-0.4, -0.2) is 72.9 Å². The Balaban J connectivity index is 1.40. The van der Waals surface area contributed by atoms with E-state index in [9.17, 15) is 13.2 Å². The van der Waals surface area contributed by atoms with Gasteiger partial charge in [0, 0.05) is 37.0 Å². The summed E-state index contributed by atoms with van der Waals surface area (Å²) in [5.74, 6) is 0.925. The molecule has 2 saturated heterocycles. The summed E-state index contributed by atoms with van der Waals surface area (Å²) >= 11 is 0. The van der Waals surface area contributed by atoms with Crippen LogP contribution in [0.15, 0.2) is 24.3 Å². The first-order valence-electron chi connectivity index (χ1n) is 13.4. The first-order chi connectivity index (χ1) is 18.3. The van der Waals surface area contributed by atoms with E-state index in [1.165, 1.54) is 5.56 Å². The minimum absolute atomic E-state index is 0.189. The molecule has 0 bridgehead atoms. The summed E-state index contributed by atoms with van der Waals surface area (Å²) in [5, 5.41) is 5.08. The highest BCUT2D eigenvalue weighted by molar-refractivity contribution is 7.92. The SMILES string of the molecule is Cc1ccc(NS(C)(=O)=O)c(C(=O)N2CCCCC2c2cc3nc4c(c(N5CCOCC5)n3n2)CCC4)c1. The number of sulfonamides is 1. The third-order valence-electron chi connectivity index (χ3n) is 7.73. The molecule has 1 aromatic carbocycles. The fourth-order valence-corrected chi connectivity index (χ4v) is 6.58. The number of fused-ring (bicyclic) bond motifs is 2. The summed E-state index contributed by atoms with van der Waals surface area (Å²) < 4.78 is 34.1. The Morgan fingerprint density at radius 3 is 2.68 bits per heavy atom. The van der Waals surface area contributed by atoms with E-state index in [1.807, 2.05) is 22.4 Å². The molecule has 1 aliphatic carbocycles. The third kappa shape index (κ3) is 4.73. The van der Waals surface area contributed by atoms with Gasteiger partial charge in [0.15, 0.2) is 5.65 Å². The Morgan fingerprint density at radius 2 is 1.89 bits per heavy atom. The van der Waals surface area contributed by atoms with Gasteiger partial charge in [0.1, 0.15) is 5.82 Å². The predicted molar refractivity (Wildman–Crippen MR) is 145 cm³/mol. The van der Waals surface area contributed by atoms with Gasteiger partial charge in [-0.15, -0.1) is 0 Å². The number of morpholine rings is 1. The van der Waals surface area contributed by atoms with Gasteiger partial charge in [-0.1, -0.05) is 11.6 Å². The van der Waals surface area contributed by atoms with E-state index >= 15 is 0 Å². The standard InChI is InChI=1S/C27H34N6O4S/c1-18-9-10-22(30-38(2,35)36)20(16-18)27(34)32-11-4-3-8-24(32)23-17-25-28-21-7-5-6-19(21)26(33(25)29-23)31-12-14-37-15-13-31/h9-10,16-17,24,30H,3-8,11-15H2,1-2H3. The first kappa shape index (κ1) is 25.1.